The molecular weight excluding hydrogens is 497 g/mol. The molecule has 0 fully saturated rings. The Bertz CT molecular complexity index is 1620. The minimum absolute atomic E-state index is 0.108. The molecule has 6 rings (SSSR count). The van der Waals surface area contributed by atoms with E-state index in [1.54, 1.807) is 12.3 Å². The zero-order valence-corrected chi connectivity index (χ0v) is 21.0. The summed E-state index contributed by atoms with van der Waals surface area (Å²) in [6.07, 6.45) is 3.71. The van der Waals surface area contributed by atoms with Crippen molar-refractivity contribution < 1.29 is 23.4 Å². The van der Waals surface area contributed by atoms with Gasteiger partial charge in [-0.05, 0) is 53.1 Å². The highest BCUT2D eigenvalue weighted by Crippen LogP contribution is 2.33. The van der Waals surface area contributed by atoms with Gasteiger partial charge in [0.1, 0.15) is 12.4 Å². The number of pyridine rings is 1. The molecule has 1 amide bonds. The number of halogens is 1. The van der Waals surface area contributed by atoms with E-state index in [1.807, 2.05) is 77.3 Å². The van der Waals surface area contributed by atoms with Crippen molar-refractivity contribution in [3.63, 3.8) is 0 Å². The molecule has 5 aromatic rings. The number of ether oxygens (including phenoxy) is 3. The number of benzene rings is 3. The van der Waals surface area contributed by atoms with Gasteiger partial charge >= 0.3 is 0 Å². The van der Waals surface area contributed by atoms with Crippen LogP contribution in [0.1, 0.15) is 34.7 Å². The molecule has 1 unspecified atom stereocenters. The zero-order chi connectivity index (χ0) is 26.6. The van der Waals surface area contributed by atoms with Gasteiger partial charge in [0.2, 0.25) is 12.7 Å². The molecule has 0 saturated carbocycles. The van der Waals surface area contributed by atoms with Crippen LogP contribution in [0.25, 0.3) is 5.65 Å². The molecule has 0 radical (unpaired) electrons. The lowest BCUT2D eigenvalue weighted by Crippen LogP contribution is -2.25. The average Bonchev–Trinajstić information content (AvgIpc) is 3.61. The first-order valence-electron chi connectivity index (χ1n) is 12.7. The van der Waals surface area contributed by atoms with Crippen LogP contribution in [0.15, 0.2) is 97.3 Å². The number of aromatic nitrogens is 2. The van der Waals surface area contributed by atoms with Gasteiger partial charge in [-0.2, -0.15) is 0 Å². The van der Waals surface area contributed by atoms with Crippen LogP contribution >= 0.6 is 0 Å². The number of nitrogens with zero attached hydrogens (tertiary/aromatic N) is 2. The second kappa shape index (κ2) is 10.9. The van der Waals surface area contributed by atoms with Crippen molar-refractivity contribution >= 4 is 11.6 Å². The Morgan fingerprint density at radius 3 is 2.72 bits per heavy atom. The van der Waals surface area contributed by atoms with E-state index in [-0.39, 0.29) is 24.9 Å². The second-order valence-electron chi connectivity index (χ2n) is 9.30. The van der Waals surface area contributed by atoms with Gasteiger partial charge in [-0.25, -0.2) is 9.37 Å². The molecule has 1 aliphatic heterocycles. The normalized spacial score (nSPS) is 12.8. The molecule has 0 aliphatic carbocycles. The van der Waals surface area contributed by atoms with Crippen LogP contribution in [-0.2, 0) is 17.9 Å². The van der Waals surface area contributed by atoms with Crippen molar-refractivity contribution in [2.75, 3.05) is 6.79 Å². The largest absolute Gasteiger partial charge is 0.485 e. The molecule has 3 aromatic carbocycles. The molecule has 1 aliphatic rings. The van der Waals surface area contributed by atoms with Crippen LogP contribution in [0, 0.1) is 5.82 Å². The van der Waals surface area contributed by atoms with E-state index in [9.17, 15) is 9.18 Å². The Kier molecular flexibility index (Phi) is 6.82. The lowest BCUT2D eigenvalue weighted by Gasteiger charge is -2.18. The summed E-state index contributed by atoms with van der Waals surface area (Å²) in [6, 6.07) is 25.5. The molecule has 8 heteroatoms. The molecular formula is C31H26FN3O4. The number of hydrogen-bond acceptors (Lipinski definition) is 5. The number of carbonyl (C=O) groups excluding carboxylic acids is 1. The molecule has 1 atom stereocenters. The van der Waals surface area contributed by atoms with E-state index >= 15 is 0 Å². The first-order valence-corrected chi connectivity index (χ1v) is 12.7. The monoisotopic (exact) mass is 523 g/mol. The molecule has 39 heavy (non-hydrogen) atoms. The predicted molar refractivity (Wildman–Crippen MR) is 143 cm³/mol. The number of carbonyl (C=O) groups is 1. The Morgan fingerprint density at radius 1 is 0.974 bits per heavy atom. The van der Waals surface area contributed by atoms with Crippen LogP contribution in [-0.4, -0.2) is 22.1 Å². The van der Waals surface area contributed by atoms with Gasteiger partial charge in [0, 0.05) is 31.3 Å². The lowest BCUT2D eigenvalue weighted by atomic mass is 9.92. The third-order valence-corrected chi connectivity index (χ3v) is 6.69. The molecule has 3 heterocycles. The number of fused-ring (bicyclic) bond motifs is 2. The highest BCUT2D eigenvalue weighted by atomic mass is 19.1. The first-order chi connectivity index (χ1) is 19.1. The maximum Gasteiger partial charge on any atom is 0.231 e. The van der Waals surface area contributed by atoms with Crippen molar-refractivity contribution in [1.82, 2.24) is 14.7 Å². The zero-order valence-electron chi connectivity index (χ0n) is 21.0. The van der Waals surface area contributed by atoms with Gasteiger partial charge < -0.3 is 23.9 Å². The number of hydrogen-bond donors (Lipinski definition) is 1. The minimum Gasteiger partial charge on any atom is -0.485 e. The lowest BCUT2D eigenvalue weighted by molar-refractivity contribution is -0.121. The Hall–Kier alpha value is -4.85. The maximum atomic E-state index is 14.3. The Labute approximate surface area is 224 Å². The van der Waals surface area contributed by atoms with E-state index < -0.39 is 5.92 Å². The van der Waals surface area contributed by atoms with Gasteiger partial charge in [-0.3, -0.25) is 4.79 Å². The van der Waals surface area contributed by atoms with Crippen molar-refractivity contribution in [3.8, 4) is 17.2 Å². The molecule has 2 aromatic heterocycles. The van der Waals surface area contributed by atoms with Gasteiger partial charge in [-0.1, -0.05) is 48.5 Å². The fraction of sp³-hybridized carbons (Fsp3) is 0.161. The third kappa shape index (κ3) is 5.40. The summed E-state index contributed by atoms with van der Waals surface area (Å²) in [5.41, 5.74) is 4.02. The summed E-state index contributed by atoms with van der Waals surface area (Å²) in [5, 5.41) is 2.98. The summed E-state index contributed by atoms with van der Waals surface area (Å²) in [4.78, 5) is 17.8. The van der Waals surface area contributed by atoms with Crippen molar-refractivity contribution in [1.29, 1.82) is 0 Å². The van der Waals surface area contributed by atoms with E-state index in [0.29, 0.717) is 41.6 Å². The van der Waals surface area contributed by atoms with E-state index in [2.05, 4.69) is 10.3 Å². The van der Waals surface area contributed by atoms with E-state index in [4.69, 9.17) is 14.2 Å². The summed E-state index contributed by atoms with van der Waals surface area (Å²) >= 11 is 0. The molecule has 7 nitrogen and oxygen atoms in total. The summed E-state index contributed by atoms with van der Waals surface area (Å²) in [7, 11) is 0. The smallest absolute Gasteiger partial charge is 0.231 e. The SMILES string of the molecule is O=C(CC(c1cccc(F)c1)c1cnc2c(OCc3ccccc3)cccn12)NCc1ccc2c(c1)OCO2. The topological polar surface area (TPSA) is 74.1 Å². The molecule has 1 N–H and O–H groups in total. The highest BCUT2D eigenvalue weighted by Gasteiger charge is 2.23. The summed E-state index contributed by atoms with van der Waals surface area (Å²) in [5.74, 6) is 1.01. The molecule has 196 valence electrons. The number of amides is 1. The third-order valence-electron chi connectivity index (χ3n) is 6.69. The Balaban J connectivity index is 1.24. The second-order valence-corrected chi connectivity index (χ2v) is 9.30. The maximum absolute atomic E-state index is 14.3. The fourth-order valence-corrected chi connectivity index (χ4v) is 4.74. The van der Waals surface area contributed by atoms with Crippen LogP contribution in [0.3, 0.4) is 0 Å². The van der Waals surface area contributed by atoms with E-state index in [1.165, 1.54) is 12.1 Å². The van der Waals surface area contributed by atoms with Crippen LogP contribution in [0.4, 0.5) is 4.39 Å². The van der Waals surface area contributed by atoms with Crippen LogP contribution < -0.4 is 19.5 Å². The number of nitrogens with one attached hydrogen (secondary N) is 1. The van der Waals surface area contributed by atoms with E-state index in [0.717, 1.165) is 16.8 Å². The molecule has 0 saturated heterocycles. The average molecular weight is 524 g/mol. The Morgan fingerprint density at radius 2 is 1.85 bits per heavy atom. The highest BCUT2D eigenvalue weighted by molar-refractivity contribution is 5.77. The fourth-order valence-electron chi connectivity index (χ4n) is 4.74. The van der Waals surface area contributed by atoms with Crippen LogP contribution in [0.5, 0.6) is 17.2 Å². The first kappa shape index (κ1) is 24.5. The summed E-state index contributed by atoms with van der Waals surface area (Å²) in [6.45, 7) is 0.924. The molecule has 0 bridgehead atoms. The number of rotatable bonds is 9. The van der Waals surface area contributed by atoms with Crippen molar-refractivity contribution in [2.24, 2.45) is 0 Å². The van der Waals surface area contributed by atoms with Gasteiger partial charge in [0.15, 0.2) is 22.9 Å². The number of imidazole rings is 1. The van der Waals surface area contributed by atoms with Crippen LogP contribution in [0.2, 0.25) is 0 Å². The summed E-state index contributed by atoms with van der Waals surface area (Å²) < 4.78 is 33.0. The van der Waals surface area contributed by atoms with Crippen molar-refractivity contribution in [2.45, 2.75) is 25.5 Å². The van der Waals surface area contributed by atoms with Gasteiger partial charge in [-0.15, -0.1) is 0 Å². The minimum atomic E-state index is -0.433. The molecule has 0 spiro atoms. The quantitative estimate of drug-likeness (QED) is 0.272. The van der Waals surface area contributed by atoms with Gasteiger partial charge in [0.05, 0.1) is 5.69 Å². The van der Waals surface area contributed by atoms with Crippen molar-refractivity contribution in [3.05, 3.63) is 126 Å². The standard InChI is InChI=1S/C31H26FN3O4/c32-24-9-4-8-23(15-24)25(16-30(36)33-17-22-11-12-27-29(14-22)39-20-38-27)26-18-34-31-28(10-5-13-35(26)31)37-19-21-6-2-1-3-7-21/h1-15,18,25H,16-17,19-20H2,(H,33,36). The van der Waals surface area contributed by atoms with Gasteiger partial charge in [0.25, 0.3) is 0 Å². The predicted octanol–water partition coefficient (Wildman–Crippen LogP) is 5.62.